The predicted octanol–water partition coefficient (Wildman–Crippen LogP) is -4.33. The molecule has 0 aromatic carbocycles. The van der Waals surface area contributed by atoms with Crippen molar-refractivity contribution in [2.24, 2.45) is 0 Å². The molecular weight excluding hydrogens is 332 g/mol. The minimum absolute atomic E-state index is 0. The van der Waals surface area contributed by atoms with Crippen molar-refractivity contribution in [3.05, 3.63) is 0 Å². The predicted molar refractivity (Wildman–Crippen MR) is 11.5 cm³/mol. The van der Waals surface area contributed by atoms with Gasteiger partial charge in [0.1, 0.15) is 0 Å². The van der Waals surface area contributed by atoms with Crippen molar-refractivity contribution in [3.63, 3.8) is 0 Å². The maximum Gasteiger partial charge on any atom is 3.00 e. The summed E-state index contributed by atoms with van der Waals surface area (Å²) in [7, 11) is -2.92. The fourth-order valence-electron chi connectivity index (χ4n) is 0. The van der Waals surface area contributed by atoms with E-state index in [1.165, 1.54) is 0 Å². The number of hydrogen-bond donors (Lipinski definition) is 0. The smallest absolute Gasteiger partial charge is 0.907 e. The van der Waals surface area contributed by atoms with Gasteiger partial charge in [-0.05, 0) is 0 Å². The Bertz CT molecular complexity index is 19.7. The summed E-state index contributed by atoms with van der Waals surface area (Å²) in [5.41, 5.74) is 0. The van der Waals surface area contributed by atoms with Gasteiger partial charge in [0, 0.05) is 0 Å². The maximum atomic E-state index is 8.42. The van der Waals surface area contributed by atoms with Crippen molar-refractivity contribution in [1.82, 2.24) is 0 Å². The van der Waals surface area contributed by atoms with Crippen molar-refractivity contribution in [2.75, 3.05) is 0 Å². The Balaban J connectivity index is -0.0000000150. The molecule has 0 saturated carbocycles. The normalized spacial score (nSPS) is 3.86. The van der Waals surface area contributed by atoms with Gasteiger partial charge in [0.25, 0.3) is 0 Å². The fraction of sp³-hybridized carbons (Fsp3) is 0. The first kappa shape index (κ1) is 22.4. The molecule has 7 heteroatoms. The van der Waals surface area contributed by atoms with Crippen LogP contribution in [0.5, 0.6) is 0 Å². The van der Waals surface area contributed by atoms with Crippen LogP contribution >= 0.6 is 0 Å². The summed E-state index contributed by atoms with van der Waals surface area (Å²) in [6.07, 6.45) is 0. The summed E-state index contributed by atoms with van der Waals surface area (Å²) in [6, 6.07) is 0. The zero-order valence-corrected chi connectivity index (χ0v) is 11.8. The number of hydrogen-bond acceptors (Lipinski definition) is 3. The molecule has 7 heavy (non-hydrogen) atoms. The maximum absolute atomic E-state index is 8.42. The second-order valence-electron chi connectivity index (χ2n) is 0.289. The van der Waals surface area contributed by atoms with E-state index in [-0.39, 0.29) is 111 Å². The van der Waals surface area contributed by atoms with E-state index < -0.39 is 7.32 Å². The first-order valence-corrected chi connectivity index (χ1v) is 0.707. The summed E-state index contributed by atoms with van der Waals surface area (Å²) >= 11 is 0. The van der Waals surface area contributed by atoms with Crippen molar-refractivity contribution in [1.29, 1.82) is 0 Å². The second-order valence-corrected chi connectivity index (χ2v) is 0.289. The van der Waals surface area contributed by atoms with Crippen LogP contribution in [-0.2, 0) is 32.7 Å². The van der Waals surface area contributed by atoms with Crippen molar-refractivity contribution in [2.45, 2.75) is 0 Å². The van der Waals surface area contributed by atoms with E-state index in [1.54, 1.807) is 0 Å². The van der Waals surface area contributed by atoms with E-state index in [4.69, 9.17) is 15.1 Å². The van der Waals surface area contributed by atoms with Crippen molar-refractivity contribution in [3.8, 4) is 0 Å². The molecular formula is BCaNdO3Y+5. The van der Waals surface area contributed by atoms with Gasteiger partial charge in [-0.3, -0.25) is 7.32 Å². The first-order valence-electron chi connectivity index (χ1n) is 0.707. The van der Waals surface area contributed by atoms with Gasteiger partial charge in [0.05, 0.1) is 0 Å². The van der Waals surface area contributed by atoms with Gasteiger partial charge in [-0.25, -0.2) is 0 Å². The molecule has 0 atom stereocenters. The molecule has 25 valence electrons. The molecule has 0 amide bonds. The Labute approximate surface area is 130 Å². The molecule has 0 aliphatic carbocycles. The monoisotopic (exact) mass is 330 g/mol. The van der Waals surface area contributed by atoms with E-state index in [0.29, 0.717) is 0 Å². The zero-order valence-electron chi connectivity index (χ0n) is 3.59. The first-order chi connectivity index (χ1) is 1.73. The molecule has 3 nitrogen and oxygen atoms in total. The zero-order chi connectivity index (χ0) is 3.58. The molecule has 0 unspecified atom stereocenters. The van der Waals surface area contributed by atoms with Crippen LogP contribution in [-0.4, -0.2) is 45.1 Å². The molecule has 0 aromatic rings. The third-order valence-electron chi connectivity index (χ3n) is 0. The average Bonchev–Trinajstić information content (AvgIpc) is 0.811. The minimum Gasteiger partial charge on any atom is -0.907 e. The molecule has 1 radical (unpaired) electrons. The van der Waals surface area contributed by atoms with Gasteiger partial charge < -0.3 is 15.1 Å². The Morgan fingerprint density at radius 3 is 1.00 bits per heavy atom. The molecule has 0 spiro atoms. The van der Waals surface area contributed by atoms with Crippen LogP contribution in [0.3, 0.4) is 0 Å². The van der Waals surface area contributed by atoms with E-state index >= 15 is 0 Å². The van der Waals surface area contributed by atoms with Crippen LogP contribution in [0, 0.1) is 40.8 Å². The quantitative estimate of drug-likeness (QED) is 0.421. The summed E-state index contributed by atoms with van der Waals surface area (Å²) in [5, 5.41) is 25.2. The molecule has 0 fully saturated rings. The summed E-state index contributed by atoms with van der Waals surface area (Å²) < 4.78 is 0. The van der Waals surface area contributed by atoms with Crippen LogP contribution in [0.1, 0.15) is 0 Å². The number of rotatable bonds is 0. The van der Waals surface area contributed by atoms with Gasteiger partial charge in [-0.15, -0.1) is 0 Å². The van der Waals surface area contributed by atoms with Gasteiger partial charge in [0.2, 0.25) is 0 Å². The summed E-state index contributed by atoms with van der Waals surface area (Å²) in [4.78, 5) is 0. The van der Waals surface area contributed by atoms with Crippen LogP contribution in [0.2, 0.25) is 0 Å². The van der Waals surface area contributed by atoms with Gasteiger partial charge >= 0.3 is 111 Å². The standard InChI is InChI=1S/BO3.Ca.Nd.Y/c2-1(3)4;;;/q-3;+2;2*+3. The molecule has 0 aliphatic heterocycles. The molecule has 0 saturated heterocycles. The van der Waals surface area contributed by atoms with E-state index in [9.17, 15) is 0 Å². The third kappa shape index (κ3) is 42.3. The van der Waals surface area contributed by atoms with Crippen LogP contribution in [0.25, 0.3) is 0 Å². The Morgan fingerprint density at radius 1 is 1.00 bits per heavy atom. The molecule has 0 heterocycles. The molecule has 0 N–H and O–H groups in total. The van der Waals surface area contributed by atoms with Crippen LogP contribution in [0.15, 0.2) is 0 Å². The average molecular weight is 332 g/mol. The Morgan fingerprint density at radius 2 is 1.00 bits per heavy atom. The second kappa shape index (κ2) is 16.3. The van der Waals surface area contributed by atoms with Gasteiger partial charge in [0.15, 0.2) is 0 Å². The summed E-state index contributed by atoms with van der Waals surface area (Å²) in [5.74, 6) is 0. The molecule has 0 rings (SSSR count). The molecule has 0 aromatic heterocycles. The molecule has 0 aliphatic rings. The molecule has 0 bridgehead atoms. The van der Waals surface area contributed by atoms with Gasteiger partial charge in [-0.1, -0.05) is 0 Å². The summed E-state index contributed by atoms with van der Waals surface area (Å²) in [6.45, 7) is 0. The van der Waals surface area contributed by atoms with E-state index in [1.807, 2.05) is 0 Å². The van der Waals surface area contributed by atoms with Crippen molar-refractivity contribution >= 4 is 45.1 Å². The minimum atomic E-state index is -2.92. The third-order valence-corrected chi connectivity index (χ3v) is 0. The van der Waals surface area contributed by atoms with Gasteiger partial charge in [-0.2, -0.15) is 0 Å². The van der Waals surface area contributed by atoms with E-state index in [2.05, 4.69) is 0 Å². The fourth-order valence-corrected chi connectivity index (χ4v) is 0. The van der Waals surface area contributed by atoms with Crippen LogP contribution in [0.4, 0.5) is 0 Å². The topological polar surface area (TPSA) is 69.2 Å². The SMILES string of the molecule is [Ca+2].[Nd+3].[O-]B([O-])[O-].[Y+3]. The Hall–Kier alpha value is 3.66. The van der Waals surface area contributed by atoms with Crippen molar-refractivity contribution < 1.29 is 88.6 Å². The van der Waals surface area contributed by atoms with Crippen LogP contribution < -0.4 is 15.1 Å². The largest absolute Gasteiger partial charge is 3.00 e. The Kier molecular flexibility index (Phi) is 52.3. The van der Waals surface area contributed by atoms with E-state index in [0.717, 1.165) is 0 Å².